The molecule has 2 fully saturated rings. The molecule has 2 rings (SSSR count). The number of rotatable bonds is 2. The monoisotopic (exact) mass is 373 g/mol. The zero-order valence-corrected chi connectivity index (χ0v) is 13.3. The van der Waals surface area contributed by atoms with E-state index in [1.165, 1.54) is 6.42 Å². The fourth-order valence-corrected chi connectivity index (χ4v) is 3.65. The van der Waals surface area contributed by atoms with Gasteiger partial charge in [0.05, 0.1) is 11.5 Å². The van der Waals surface area contributed by atoms with Gasteiger partial charge in [-0.2, -0.15) is 0 Å². The summed E-state index contributed by atoms with van der Waals surface area (Å²) in [4.78, 5) is 4.11. The summed E-state index contributed by atoms with van der Waals surface area (Å²) in [5.74, 6) is 1.96. The van der Waals surface area contributed by atoms with Gasteiger partial charge in [0.15, 0.2) is 15.8 Å². The topological polar surface area (TPSA) is 70.6 Å². The van der Waals surface area contributed by atoms with Crippen molar-refractivity contribution >= 4 is 39.8 Å². The van der Waals surface area contributed by atoms with Gasteiger partial charge in [-0.3, -0.25) is 4.99 Å². The fraction of sp³-hybridized carbons (Fsp3) is 0.900. The van der Waals surface area contributed by atoms with Crippen molar-refractivity contribution in [3.05, 3.63) is 0 Å². The standard InChI is InChI=1S/C10H19N3O2S.HI/c1-7-5-9(7)13-10(11-2)12-8-3-4-16(14,15)6-8;/h7-9H,3-6H2,1-2H3,(H2,11,12,13);1H. The predicted molar refractivity (Wildman–Crippen MR) is 79.7 cm³/mol. The lowest BCUT2D eigenvalue weighted by Crippen LogP contribution is -2.45. The summed E-state index contributed by atoms with van der Waals surface area (Å²) < 4.78 is 22.6. The Labute approximate surface area is 120 Å². The fourth-order valence-electron chi connectivity index (χ4n) is 1.97. The van der Waals surface area contributed by atoms with E-state index in [2.05, 4.69) is 22.5 Å². The van der Waals surface area contributed by atoms with Crippen LogP contribution in [-0.2, 0) is 9.84 Å². The molecule has 1 heterocycles. The third-order valence-corrected chi connectivity index (χ3v) is 5.00. The predicted octanol–water partition coefficient (Wildman–Crippen LogP) is 0.365. The van der Waals surface area contributed by atoms with Crippen molar-refractivity contribution in [1.29, 1.82) is 0 Å². The van der Waals surface area contributed by atoms with Crippen LogP contribution in [0.5, 0.6) is 0 Å². The lowest BCUT2D eigenvalue weighted by molar-refractivity contribution is 0.599. The van der Waals surface area contributed by atoms with Crippen LogP contribution >= 0.6 is 24.0 Å². The minimum Gasteiger partial charge on any atom is -0.353 e. The maximum Gasteiger partial charge on any atom is 0.191 e. The summed E-state index contributed by atoms with van der Waals surface area (Å²) in [7, 11) is -1.10. The summed E-state index contributed by atoms with van der Waals surface area (Å²) in [5.41, 5.74) is 0. The summed E-state index contributed by atoms with van der Waals surface area (Å²) in [6.07, 6.45) is 1.85. The minimum absolute atomic E-state index is 0. The van der Waals surface area contributed by atoms with Gasteiger partial charge in [0.2, 0.25) is 0 Å². The highest BCUT2D eigenvalue weighted by Gasteiger charge is 2.34. The van der Waals surface area contributed by atoms with Crippen LogP contribution in [0.25, 0.3) is 0 Å². The molecule has 5 nitrogen and oxygen atoms in total. The van der Waals surface area contributed by atoms with E-state index in [4.69, 9.17) is 0 Å². The first-order chi connectivity index (χ1) is 7.50. The highest BCUT2D eigenvalue weighted by Crippen LogP contribution is 2.28. The van der Waals surface area contributed by atoms with E-state index in [-0.39, 0.29) is 35.8 Å². The van der Waals surface area contributed by atoms with E-state index < -0.39 is 9.84 Å². The average molecular weight is 373 g/mol. The third kappa shape index (κ3) is 4.27. The normalized spacial score (nSPS) is 34.9. The van der Waals surface area contributed by atoms with Gasteiger partial charge in [-0.1, -0.05) is 6.92 Å². The molecule has 1 saturated carbocycles. The summed E-state index contributed by atoms with van der Waals surface area (Å²) in [6.45, 7) is 2.19. The summed E-state index contributed by atoms with van der Waals surface area (Å²) in [5, 5.41) is 6.46. The Bertz CT molecular complexity index is 396. The molecule has 2 N–H and O–H groups in total. The molecule has 0 spiro atoms. The van der Waals surface area contributed by atoms with Crippen LogP contribution in [0.3, 0.4) is 0 Å². The molecular formula is C10H20IN3O2S. The highest BCUT2D eigenvalue weighted by molar-refractivity contribution is 14.0. The van der Waals surface area contributed by atoms with Gasteiger partial charge in [-0.05, 0) is 18.8 Å². The number of nitrogens with one attached hydrogen (secondary N) is 2. The Morgan fingerprint density at radius 3 is 2.41 bits per heavy atom. The second kappa shape index (κ2) is 5.73. The Hall–Kier alpha value is -0.0500. The molecule has 17 heavy (non-hydrogen) atoms. The Balaban J connectivity index is 0.00000144. The number of sulfone groups is 1. The SMILES string of the molecule is CN=C(NC1CCS(=O)(=O)C1)NC1CC1C.I. The molecule has 1 aliphatic heterocycles. The van der Waals surface area contributed by atoms with Gasteiger partial charge >= 0.3 is 0 Å². The first-order valence-electron chi connectivity index (χ1n) is 5.70. The molecule has 100 valence electrons. The Kier molecular flexibility index (Phi) is 5.06. The zero-order chi connectivity index (χ0) is 11.8. The number of hydrogen-bond acceptors (Lipinski definition) is 3. The van der Waals surface area contributed by atoms with Crippen molar-refractivity contribution in [1.82, 2.24) is 10.6 Å². The molecule has 0 radical (unpaired) electrons. The van der Waals surface area contributed by atoms with Gasteiger partial charge in [-0.25, -0.2) is 8.42 Å². The lowest BCUT2D eigenvalue weighted by Gasteiger charge is -2.15. The van der Waals surface area contributed by atoms with Gasteiger partial charge in [0.1, 0.15) is 0 Å². The van der Waals surface area contributed by atoms with E-state index in [1.807, 2.05) is 0 Å². The number of halogens is 1. The molecule has 0 aromatic carbocycles. The summed E-state index contributed by atoms with van der Waals surface area (Å²) >= 11 is 0. The first kappa shape index (κ1) is 15.0. The molecule has 7 heteroatoms. The quantitative estimate of drug-likeness (QED) is 0.417. The van der Waals surface area contributed by atoms with Crippen molar-refractivity contribution in [2.45, 2.75) is 31.8 Å². The third-order valence-electron chi connectivity index (χ3n) is 3.23. The van der Waals surface area contributed by atoms with Crippen LogP contribution < -0.4 is 10.6 Å². The number of guanidine groups is 1. The molecular weight excluding hydrogens is 353 g/mol. The first-order valence-corrected chi connectivity index (χ1v) is 7.52. The molecule has 1 aliphatic carbocycles. The van der Waals surface area contributed by atoms with Gasteiger partial charge in [-0.15, -0.1) is 24.0 Å². The van der Waals surface area contributed by atoms with E-state index in [9.17, 15) is 8.42 Å². The summed E-state index contributed by atoms with van der Waals surface area (Å²) in [6, 6.07) is 0.523. The van der Waals surface area contributed by atoms with E-state index in [0.717, 1.165) is 5.96 Å². The van der Waals surface area contributed by atoms with Crippen LogP contribution in [0.1, 0.15) is 19.8 Å². The number of aliphatic imine (C=N–C) groups is 1. The number of hydrogen-bond donors (Lipinski definition) is 2. The van der Waals surface area contributed by atoms with Crippen LogP contribution in [0.15, 0.2) is 4.99 Å². The second-order valence-corrected chi connectivity index (χ2v) is 7.01. The molecule has 0 aromatic heterocycles. The van der Waals surface area contributed by atoms with E-state index in [0.29, 0.717) is 24.1 Å². The van der Waals surface area contributed by atoms with Crippen LogP contribution in [0.4, 0.5) is 0 Å². The lowest BCUT2D eigenvalue weighted by atomic mass is 10.3. The van der Waals surface area contributed by atoms with Crippen molar-refractivity contribution in [3.8, 4) is 0 Å². The van der Waals surface area contributed by atoms with Gasteiger partial charge in [0, 0.05) is 19.1 Å². The maximum absolute atomic E-state index is 11.3. The molecule has 1 saturated heterocycles. The average Bonchev–Trinajstić information content (AvgIpc) is 2.77. The molecule has 0 bridgehead atoms. The van der Waals surface area contributed by atoms with Gasteiger partial charge < -0.3 is 10.6 Å². The maximum atomic E-state index is 11.3. The number of nitrogens with zero attached hydrogens (tertiary/aromatic N) is 1. The van der Waals surface area contributed by atoms with Crippen LogP contribution in [-0.4, -0.2) is 45.0 Å². The van der Waals surface area contributed by atoms with Crippen molar-refractivity contribution in [3.63, 3.8) is 0 Å². The molecule has 2 aliphatic rings. The molecule has 3 unspecified atom stereocenters. The molecule has 3 atom stereocenters. The molecule has 0 amide bonds. The van der Waals surface area contributed by atoms with Crippen molar-refractivity contribution < 1.29 is 8.42 Å². The Morgan fingerprint density at radius 2 is 2.00 bits per heavy atom. The smallest absolute Gasteiger partial charge is 0.191 e. The van der Waals surface area contributed by atoms with Crippen molar-refractivity contribution in [2.24, 2.45) is 10.9 Å². The highest BCUT2D eigenvalue weighted by atomic mass is 127. The second-order valence-electron chi connectivity index (χ2n) is 4.78. The van der Waals surface area contributed by atoms with E-state index >= 15 is 0 Å². The van der Waals surface area contributed by atoms with E-state index in [1.54, 1.807) is 7.05 Å². The van der Waals surface area contributed by atoms with Crippen LogP contribution in [0.2, 0.25) is 0 Å². The molecule has 0 aromatic rings. The van der Waals surface area contributed by atoms with Crippen LogP contribution in [0, 0.1) is 5.92 Å². The largest absolute Gasteiger partial charge is 0.353 e. The van der Waals surface area contributed by atoms with Gasteiger partial charge in [0.25, 0.3) is 0 Å². The zero-order valence-electron chi connectivity index (χ0n) is 10.1. The van der Waals surface area contributed by atoms with Crippen molar-refractivity contribution in [2.75, 3.05) is 18.6 Å². The Morgan fingerprint density at radius 1 is 1.35 bits per heavy atom. The minimum atomic E-state index is -2.82.